The quantitative estimate of drug-likeness (QED) is 0.583. The van der Waals surface area contributed by atoms with Crippen LogP contribution in [-0.4, -0.2) is 24.4 Å². The molecule has 0 unspecified atom stereocenters. The van der Waals surface area contributed by atoms with Gasteiger partial charge in [0, 0.05) is 13.2 Å². The van der Waals surface area contributed by atoms with Crippen LogP contribution in [0.25, 0.3) is 0 Å². The van der Waals surface area contributed by atoms with E-state index in [0.29, 0.717) is 11.2 Å². The van der Waals surface area contributed by atoms with E-state index in [9.17, 15) is 0 Å². The molecular weight excluding hydrogens is 258 g/mol. The number of thiocarbonyl (C=S) groups is 1. The lowest BCUT2D eigenvalue weighted by Gasteiger charge is -2.16. The zero-order valence-corrected chi connectivity index (χ0v) is 12.3. The third-order valence-electron chi connectivity index (χ3n) is 3.21. The molecule has 1 aromatic carbocycles. The Kier molecular flexibility index (Phi) is 4.99. The van der Waals surface area contributed by atoms with Gasteiger partial charge in [-0.15, -0.1) is 0 Å². The van der Waals surface area contributed by atoms with E-state index in [-0.39, 0.29) is 0 Å². The van der Waals surface area contributed by atoms with Crippen molar-refractivity contribution >= 4 is 23.0 Å². The molecule has 0 saturated carbocycles. The molecule has 1 fully saturated rings. The molecular formula is C14H21N3OS. The fourth-order valence-electron chi connectivity index (χ4n) is 2.13. The number of aryl methyl sites for hydroxylation is 2. The minimum Gasteiger partial charge on any atom is -0.376 e. The van der Waals surface area contributed by atoms with Crippen molar-refractivity contribution in [1.29, 1.82) is 0 Å². The number of ether oxygens (including phenoxy) is 1. The Morgan fingerprint density at radius 2 is 2.26 bits per heavy atom. The largest absolute Gasteiger partial charge is 0.376 e. The summed E-state index contributed by atoms with van der Waals surface area (Å²) >= 11 is 5.22. The SMILES string of the molecule is Cc1ccc(NNC(=S)NC[C@H]2CCCO2)c(C)c1. The summed E-state index contributed by atoms with van der Waals surface area (Å²) in [5.41, 5.74) is 9.59. The summed E-state index contributed by atoms with van der Waals surface area (Å²) in [6.45, 7) is 5.78. The minimum atomic E-state index is 0.292. The van der Waals surface area contributed by atoms with Crippen LogP contribution in [-0.2, 0) is 4.74 Å². The maximum Gasteiger partial charge on any atom is 0.185 e. The van der Waals surface area contributed by atoms with Crippen molar-refractivity contribution in [3.05, 3.63) is 29.3 Å². The molecule has 1 heterocycles. The van der Waals surface area contributed by atoms with Gasteiger partial charge in [-0.1, -0.05) is 17.7 Å². The lowest BCUT2D eigenvalue weighted by molar-refractivity contribution is 0.114. The van der Waals surface area contributed by atoms with Crippen molar-refractivity contribution < 1.29 is 4.74 Å². The van der Waals surface area contributed by atoms with E-state index >= 15 is 0 Å². The number of benzene rings is 1. The smallest absolute Gasteiger partial charge is 0.185 e. The number of anilines is 1. The number of hydrazine groups is 1. The molecule has 0 amide bonds. The van der Waals surface area contributed by atoms with Crippen molar-refractivity contribution in [3.8, 4) is 0 Å². The predicted molar refractivity (Wildman–Crippen MR) is 82.2 cm³/mol. The Balaban J connectivity index is 1.73. The highest BCUT2D eigenvalue weighted by Gasteiger charge is 2.15. The molecule has 1 aliphatic heterocycles. The lowest BCUT2D eigenvalue weighted by Crippen LogP contribution is -2.42. The maximum atomic E-state index is 5.53. The Labute approximate surface area is 119 Å². The molecule has 2 rings (SSSR count). The minimum absolute atomic E-state index is 0.292. The van der Waals surface area contributed by atoms with E-state index < -0.39 is 0 Å². The van der Waals surface area contributed by atoms with Crippen LogP contribution in [0.3, 0.4) is 0 Å². The summed E-state index contributed by atoms with van der Waals surface area (Å²) in [7, 11) is 0. The maximum absolute atomic E-state index is 5.53. The highest BCUT2D eigenvalue weighted by atomic mass is 32.1. The van der Waals surface area contributed by atoms with Crippen LogP contribution < -0.4 is 16.2 Å². The second-order valence-corrected chi connectivity index (χ2v) is 5.32. The second kappa shape index (κ2) is 6.73. The first-order valence-electron chi connectivity index (χ1n) is 6.64. The number of nitrogens with one attached hydrogen (secondary N) is 3. The van der Waals surface area contributed by atoms with Crippen LogP contribution in [0.4, 0.5) is 5.69 Å². The molecule has 104 valence electrons. The van der Waals surface area contributed by atoms with Gasteiger partial charge in [0.05, 0.1) is 11.8 Å². The summed E-state index contributed by atoms with van der Waals surface area (Å²) < 4.78 is 5.53. The van der Waals surface area contributed by atoms with E-state index in [1.807, 2.05) is 6.07 Å². The molecule has 0 spiro atoms. The molecule has 1 aliphatic rings. The van der Waals surface area contributed by atoms with Gasteiger partial charge in [-0.3, -0.25) is 10.9 Å². The molecule has 0 aliphatic carbocycles. The zero-order chi connectivity index (χ0) is 13.7. The number of hydrogen-bond donors (Lipinski definition) is 3. The van der Waals surface area contributed by atoms with Gasteiger partial charge in [0.2, 0.25) is 0 Å². The van der Waals surface area contributed by atoms with E-state index in [1.165, 1.54) is 11.1 Å². The van der Waals surface area contributed by atoms with Gasteiger partial charge >= 0.3 is 0 Å². The average molecular weight is 279 g/mol. The molecule has 0 aromatic heterocycles. The van der Waals surface area contributed by atoms with Crippen molar-refractivity contribution in [2.75, 3.05) is 18.6 Å². The van der Waals surface area contributed by atoms with Gasteiger partial charge in [-0.05, 0) is 50.5 Å². The van der Waals surface area contributed by atoms with Crippen molar-refractivity contribution in [1.82, 2.24) is 10.7 Å². The highest BCUT2D eigenvalue weighted by molar-refractivity contribution is 7.80. The van der Waals surface area contributed by atoms with Crippen LogP contribution in [0, 0.1) is 13.8 Å². The predicted octanol–water partition coefficient (Wildman–Crippen LogP) is 2.27. The van der Waals surface area contributed by atoms with E-state index in [4.69, 9.17) is 17.0 Å². The van der Waals surface area contributed by atoms with Gasteiger partial charge in [-0.25, -0.2) is 0 Å². The fraction of sp³-hybridized carbons (Fsp3) is 0.500. The number of hydrogen-bond acceptors (Lipinski definition) is 3. The molecule has 1 saturated heterocycles. The van der Waals surface area contributed by atoms with Crippen molar-refractivity contribution in [2.24, 2.45) is 0 Å². The third kappa shape index (κ3) is 4.36. The van der Waals surface area contributed by atoms with E-state index in [2.05, 4.69) is 42.1 Å². The first-order valence-corrected chi connectivity index (χ1v) is 7.04. The Morgan fingerprint density at radius 1 is 1.42 bits per heavy atom. The summed E-state index contributed by atoms with van der Waals surface area (Å²) in [5, 5.41) is 3.75. The average Bonchev–Trinajstić information content (AvgIpc) is 2.88. The van der Waals surface area contributed by atoms with Gasteiger partial charge in [0.25, 0.3) is 0 Å². The van der Waals surface area contributed by atoms with Gasteiger partial charge in [0.15, 0.2) is 5.11 Å². The summed E-state index contributed by atoms with van der Waals surface area (Å²) in [6.07, 6.45) is 2.55. The van der Waals surface area contributed by atoms with E-state index in [1.54, 1.807) is 0 Å². The molecule has 4 nitrogen and oxygen atoms in total. The molecule has 0 radical (unpaired) electrons. The Hall–Kier alpha value is -1.33. The molecule has 5 heteroatoms. The van der Waals surface area contributed by atoms with Crippen LogP contribution in [0.5, 0.6) is 0 Å². The lowest BCUT2D eigenvalue weighted by atomic mass is 10.1. The Morgan fingerprint density at radius 3 is 2.95 bits per heavy atom. The monoisotopic (exact) mass is 279 g/mol. The Bertz CT molecular complexity index is 444. The van der Waals surface area contributed by atoms with Crippen LogP contribution in [0.1, 0.15) is 24.0 Å². The number of rotatable bonds is 4. The van der Waals surface area contributed by atoms with Crippen molar-refractivity contribution in [2.45, 2.75) is 32.8 Å². The summed E-state index contributed by atoms with van der Waals surface area (Å²) in [5.74, 6) is 0. The van der Waals surface area contributed by atoms with E-state index in [0.717, 1.165) is 31.7 Å². The fourth-order valence-corrected chi connectivity index (χ4v) is 2.27. The van der Waals surface area contributed by atoms with Gasteiger partial charge in [0.1, 0.15) is 0 Å². The molecule has 19 heavy (non-hydrogen) atoms. The van der Waals surface area contributed by atoms with Gasteiger partial charge in [-0.2, -0.15) is 0 Å². The molecule has 0 bridgehead atoms. The first kappa shape index (κ1) is 14.1. The molecule has 1 atom stereocenters. The third-order valence-corrected chi connectivity index (χ3v) is 3.45. The normalized spacial score (nSPS) is 18.1. The topological polar surface area (TPSA) is 45.3 Å². The zero-order valence-electron chi connectivity index (χ0n) is 11.5. The summed E-state index contributed by atoms with van der Waals surface area (Å²) in [4.78, 5) is 0. The van der Waals surface area contributed by atoms with Crippen LogP contribution in [0.15, 0.2) is 18.2 Å². The highest BCUT2D eigenvalue weighted by Crippen LogP contribution is 2.14. The van der Waals surface area contributed by atoms with Crippen LogP contribution in [0.2, 0.25) is 0 Å². The molecule has 3 N–H and O–H groups in total. The summed E-state index contributed by atoms with van der Waals surface area (Å²) in [6, 6.07) is 6.24. The van der Waals surface area contributed by atoms with Crippen LogP contribution >= 0.6 is 12.2 Å². The van der Waals surface area contributed by atoms with Crippen molar-refractivity contribution in [3.63, 3.8) is 0 Å². The first-order chi connectivity index (χ1) is 9.15. The standard InChI is InChI=1S/C14H21N3OS/c1-10-5-6-13(11(2)8-10)16-17-14(19)15-9-12-4-3-7-18-12/h5-6,8,12,16H,3-4,7,9H2,1-2H3,(H2,15,17,19)/t12-/m1/s1. The van der Waals surface area contributed by atoms with Gasteiger partial charge < -0.3 is 10.1 Å². The second-order valence-electron chi connectivity index (χ2n) is 4.91. The molecule has 1 aromatic rings.